The minimum atomic E-state index is 0.402. The van der Waals surface area contributed by atoms with Gasteiger partial charge in [0.1, 0.15) is 5.82 Å². The van der Waals surface area contributed by atoms with Gasteiger partial charge in [-0.05, 0) is 36.2 Å². The summed E-state index contributed by atoms with van der Waals surface area (Å²) in [6.45, 7) is 2.38. The van der Waals surface area contributed by atoms with Gasteiger partial charge >= 0.3 is 0 Å². The van der Waals surface area contributed by atoms with Gasteiger partial charge < -0.3 is 15.8 Å². The Balaban J connectivity index is 2.30. The van der Waals surface area contributed by atoms with E-state index in [1.54, 1.807) is 7.11 Å². The molecule has 0 unspecified atom stereocenters. The lowest BCUT2D eigenvalue weighted by atomic mass is 10.2. The van der Waals surface area contributed by atoms with E-state index in [1.165, 1.54) is 0 Å². The average molecular weight is 278 g/mol. The van der Waals surface area contributed by atoms with Crippen molar-refractivity contribution in [3.63, 3.8) is 0 Å². The van der Waals surface area contributed by atoms with E-state index in [9.17, 15) is 0 Å². The highest BCUT2D eigenvalue weighted by Crippen LogP contribution is 2.25. The van der Waals surface area contributed by atoms with Gasteiger partial charge in [0.25, 0.3) is 0 Å². The molecule has 4 nitrogen and oxygen atoms in total. The molecule has 1 heterocycles. The van der Waals surface area contributed by atoms with Gasteiger partial charge in [0.05, 0.1) is 7.11 Å². The Morgan fingerprint density at radius 1 is 1.32 bits per heavy atom. The fraction of sp³-hybridized carbons (Fsp3) is 0.214. The summed E-state index contributed by atoms with van der Waals surface area (Å²) in [6, 6.07) is 9.41. The summed E-state index contributed by atoms with van der Waals surface area (Å²) in [7, 11) is 1.59. The molecule has 0 spiro atoms. The predicted octanol–water partition coefficient (Wildman–Crippen LogP) is 3.25. The molecule has 0 saturated carbocycles. The smallest absolute Gasteiger partial charge is 0.214 e. The first-order valence-corrected chi connectivity index (χ1v) is 6.29. The van der Waals surface area contributed by atoms with Crippen molar-refractivity contribution in [1.82, 2.24) is 4.98 Å². The molecular weight excluding hydrogens is 262 g/mol. The Morgan fingerprint density at radius 2 is 2.11 bits per heavy atom. The van der Waals surface area contributed by atoms with Gasteiger partial charge in [-0.25, -0.2) is 0 Å². The van der Waals surface area contributed by atoms with E-state index in [0.717, 1.165) is 22.6 Å². The van der Waals surface area contributed by atoms with E-state index in [2.05, 4.69) is 10.3 Å². The zero-order chi connectivity index (χ0) is 13.8. The topological polar surface area (TPSA) is 60.2 Å². The Kier molecular flexibility index (Phi) is 4.24. The van der Waals surface area contributed by atoms with Gasteiger partial charge in [-0.2, -0.15) is 4.98 Å². The third kappa shape index (κ3) is 3.16. The molecule has 0 atom stereocenters. The molecule has 2 aromatic rings. The molecule has 2 rings (SSSR count). The second kappa shape index (κ2) is 5.91. The SMILES string of the molecule is COc1ccc(C)c(Nc2ccc(Cl)c(CN)c2)n1. The van der Waals surface area contributed by atoms with Crippen molar-refractivity contribution in [3.8, 4) is 5.88 Å². The summed E-state index contributed by atoms with van der Waals surface area (Å²) < 4.78 is 5.12. The number of nitrogens with two attached hydrogens (primary N) is 1. The van der Waals surface area contributed by atoms with E-state index in [-0.39, 0.29) is 0 Å². The van der Waals surface area contributed by atoms with Crippen LogP contribution in [0.15, 0.2) is 30.3 Å². The maximum atomic E-state index is 6.03. The van der Waals surface area contributed by atoms with Gasteiger partial charge in [-0.3, -0.25) is 0 Å². The maximum Gasteiger partial charge on any atom is 0.214 e. The van der Waals surface area contributed by atoms with Crippen LogP contribution in [-0.2, 0) is 6.54 Å². The first-order valence-electron chi connectivity index (χ1n) is 5.91. The first-order chi connectivity index (χ1) is 9.13. The Bertz CT molecular complexity index is 587. The summed E-state index contributed by atoms with van der Waals surface area (Å²) in [4.78, 5) is 4.37. The summed E-state index contributed by atoms with van der Waals surface area (Å²) in [5, 5.41) is 3.91. The van der Waals surface area contributed by atoms with E-state index in [4.69, 9.17) is 22.1 Å². The monoisotopic (exact) mass is 277 g/mol. The third-order valence-corrected chi connectivity index (χ3v) is 3.18. The quantitative estimate of drug-likeness (QED) is 0.901. The standard InChI is InChI=1S/C14H16ClN3O/c1-9-3-6-13(19-2)18-14(9)17-11-4-5-12(15)10(7-11)8-16/h3-7H,8,16H2,1-2H3,(H,17,18). The second-order valence-electron chi connectivity index (χ2n) is 4.15. The number of anilines is 2. The fourth-order valence-electron chi connectivity index (χ4n) is 1.70. The number of ether oxygens (including phenoxy) is 1. The molecule has 0 radical (unpaired) electrons. The minimum absolute atomic E-state index is 0.402. The number of nitrogens with zero attached hydrogens (tertiary/aromatic N) is 1. The highest BCUT2D eigenvalue weighted by atomic mass is 35.5. The number of halogens is 1. The summed E-state index contributed by atoms with van der Waals surface area (Å²) in [6.07, 6.45) is 0. The van der Waals surface area contributed by atoms with Crippen LogP contribution in [0.3, 0.4) is 0 Å². The van der Waals surface area contributed by atoms with E-state index in [1.807, 2.05) is 37.3 Å². The van der Waals surface area contributed by atoms with Crippen molar-refractivity contribution in [1.29, 1.82) is 0 Å². The van der Waals surface area contributed by atoms with Crippen LogP contribution in [0.25, 0.3) is 0 Å². The summed E-state index contributed by atoms with van der Waals surface area (Å²) in [5.74, 6) is 1.32. The molecule has 0 aliphatic heterocycles. The third-order valence-electron chi connectivity index (χ3n) is 2.81. The Labute approximate surface area is 117 Å². The van der Waals surface area contributed by atoms with E-state index in [0.29, 0.717) is 17.4 Å². The van der Waals surface area contributed by atoms with Crippen molar-refractivity contribution in [3.05, 3.63) is 46.5 Å². The molecule has 0 amide bonds. The van der Waals surface area contributed by atoms with Crippen LogP contribution in [0.5, 0.6) is 5.88 Å². The molecule has 0 fully saturated rings. The normalized spacial score (nSPS) is 10.3. The lowest BCUT2D eigenvalue weighted by Gasteiger charge is -2.11. The van der Waals surface area contributed by atoms with Crippen LogP contribution in [-0.4, -0.2) is 12.1 Å². The molecule has 0 aliphatic rings. The Morgan fingerprint density at radius 3 is 2.79 bits per heavy atom. The number of hydrogen-bond donors (Lipinski definition) is 2. The number of rotatable bonds is 4. The first kappa shape index (κ1) is 13.6. The van der Waals surface area contributed by atoms with Gasteiger partial charge in [0.15, 0.2) is 0 Å². The van der Waals surface area contributed by atoms with Crippen LogP contribution in [0.1, 0.15) is 11.1 Å². The second-order valence-corrected chi connectivity index (χ2v) is 4.56. The molecule has 0 aliphatic carbocycles. The summed E-state index contributed by atoms with van der Waals surface area (Å²) in [5.41, 5.74) is 8.47. The van der Waals surface area contributed by atoms with Crippen molar-refractivity contribution in [2.75, 3.05) is 12.4 Å². The highest BCUT2D eigenvalue weighted by Gasteiger charge is 2.05. The molecule has 0 saturated heterocycles. The van der Waals surface area contributed by atoms with Crippen molar-refractivity contribution in [2.45, 2.75) is 13.5 Å². The molecule has 19 heavy (non-hydrogen) atoms. The van der Waals surface area contributed by atoms with Crippen LogP contribution in [0.4, 0.5) is 11.5 Å². The molecule has 1 aromatic carbocycles. The average Bonchev–Trinajstić information content (AvgIpc) is 2.43. The number of nitrogens with one attached hydrogen (secondary N) is 1. The van der Waals surface area contributed by atoms with Crippen molar-refractivity contribution in [2.24, 2.45) is 5.73 Å². The number of aromatic nitrogens is 1. The fourth-order valence-corrected chi connectivity index (χ4v) is 1.89. The number of aryl methyl sites for hydroxylation is 1. The maximum absolute atomic E-state index is 6.03. The van der Waals surface area contributed by atoms with Crippen LogP contribution >= 0.6 is 11.6 Å². The Hall–Kier alpha value is -1.78. The molecule has 1 aromatic heterocycles. The van der Waals surface area contributed by atoms with Gasteiger partial charge in [-0.1, -0.05) is 17.7 Å². The lowest BCUT2D eigenvalue weighted by molar-refractivity contribution is 0.398. The van der Waals surface area contributed by atoms with E-state index >= 15 is 0 Å². The molecule has 3 N–H and O–H groups in total. The highest BCUT2D eigenvalue weighted by molar-refractivity contribution is 6.31. The predicted molar refractivity (Wildman–Crippen MR) is 78.2 cm³/mol. The molecular formula is C14H16ClN3O. The van der Waals surface area contributed by atoms with Crippen LogP contribution < -0.4 is 15.8 Å². The van der Waals surface area contributed by atoms with Crippen molar-refractivity contribution >= 4 is 23.1 Å². The zero-order valence-corrected chi connectivity index (χ0v) is 11.7. The van der Waals surface area contributed by atoms with Gasteiger partial charge in [0.2, 0.25) is 5.88 Å². The zero-order valence-electron chi connectivity index (χ0n) is 10.9. The summed E-state index contributed by atoms with van der Waals surface area (Å²) >= 11 is 6.03. The van der Waals surface area contributed by atoms with Gasteiger partial charge in [0, 0.05) is 23.3 Å². The number of methoxy groups -OCH3 is 1. The molecule has 0 bridgehead atoms. The number of pyridine rings is 1. The molecule has 5 heteroatoms. The van der Waals surface area contributed by atoms with E-state index < -0.39 is 0 Å². The van der Waals surface area contributed by atoms with Crippen LogP contribution in [0, 0.1) is 6.92 Å². The molecule has 100 valence electrons. The largest absolute Gasteiger partial charge is 0.481 e. The minimum Gasteiger partial charge on any atom is -0.481 e. The van der Waals surface area contributed by atoms with Gasteiger partial charge in [-0.15, -0.1) is 0 Å². The van der Waals surface area contributed by atoms with Crippen LogP contribution in [0.2, 0.25) is 5.02 Å². The van der Waals surface area contributed by atoms with Crippen molar-refractivity contribution < 1.29 is 4.74 Å². The number of hydrogen-bond acceptors (Lipinski definition) is 4. The lowest BCUT2D eigenvalue weighted by Crippen LogP contribution is -2.01. The number of benzene rings is 1.